The number of amides is 2. The van der Waals surface area contributed by atoms with Crippen molar-refractivity contribution in [3.63, 3.8) is 0 Å². The van der Waals surface area contributed by atoms with E-state index < -0.39 is 47.9 Å². The Morgan fingerprint density at radius 1 is 1.03 bits per heavy atom. The first-order valence-corrected chi connectivity index (χ1v) is 11.3. The fraction of sp³-hybridized carbons (Fsp3) is 0.192. The summed E-state index contributed by atoms with van der Waals surface area (Å²) in [6.45, 7) is 2.52. The number of aryl methyl sites for hydroxylation is 2. The van der Waals surface area contributed by atoms with Crippen molar-refractivity contribution < 1.29 is 37.0 Å². The van der Waals surface area contributed by atoms with Gasteiger partial charge in [0.2, 0.25) is 0 Å². The van der Waals surface area contributed by atoms with Gasteiger partial charge in [-0.15, -0.1) is 0 Å². The molecule has 2 aromatic carbocycles. The molecule has 0 bridgehead atoms. The lowest BCUT2D eigenvalue weighted by molar-refractivity contribution is 0.0928. The van der Waals surface area contributed by atoms with E-state index in [0.29, 0.717) is 5.56 Å². The zero-order valence-corrected chi connectivity index (χ0v) is 20.2. The van der Waals surface area contributed by atoms with Crippen molar-refractivity contribution in [1.29, 1.82) is 0 Å². The maximum atomic E-state index is 14.1. The fourth-order valence-electron chi connectivity index (χ4n) is 3.96. The number of hydrogen-bond donors (Lipinski definition) is 3. The van der Waals surface area contributed by atoms with Crippen LogP contribution in [0.25, 0.3) is 5.65 Å². The Kier molecular flexibility index (Phi) is 7.51. The molecule has 2 aromatic heterocycles. The van der Waals surface area contributed by atoms with Crippen molar-refractivity contribution in [2.75, 3.05) is 6.54 Å². The van der Waals surface area contributed by atoms with Crippen LogP contribution < -0.4 is 15.4 Å². The predicted molar refractivity (Wildman–Crippen MR) is 128 cm³/mol. The highest BCUT2D eigenvalue weighted by atomic mass is 19.2. The van der Waals surface area contributed by atoms with Crippen LogP contribution in [0.15, 0.2) is 48.7 Å². The Bertz CT molecular complexity index is 1520. The standard InChI is InChI=1S/C26H22F4N4O4/c1-13-8-22(38-12-16-17(27)4-3-5-18(16)28)24-32-14(2)23(34(24)11-13)25(35)33-21(10-31-26(36)37)15-6-7-19(29)20(30)9-15/h3-9,11,21,31H,10,12H2,1-2H3,(H,33,35)(H,36,37). The molecule has 0 aliphatic carbocycles. The topological polar surface area (TPSA) is 105 Å². The third-order valence-electron chi connectivity index (χ3n) is 5.75. The molecule has 4 aromatic rings. The molecule has 2 amide bonds. The summed E-state index contributed by atoms with van der Waals surface area (Å²) in [5.41, 5.74) is 1.03. The number of nitrogens with one attached hydrogen (secondary N) is 2. The maximum absolute atomic E-state index is 14.1. The molecule has 4 rings (SSSR count). The van der Waals surface area contributed by atoms with Crippen LogP contribution in [0.3, 0.4) is 0 Å². The number of aromatic nitrogens is 2. The van der Waals surface area contributed by atoms with Gasteiger partial charge >= 0.3 is 6.09 Å². The minimum absolute atomic E-state index is 0.0635. The van der Waals surface area contributed by atoms with Gasteiger partial charge in [0.15, 0.2) is 23.0 Å². The molecule has 0 saturated heterocycles. The average Bonchev–Trinajstić information content (AvgIpc) is 3.18. The van der Waals surface area contributed by atoms with Crippen molar-refractivity contribution in [3.8, 4) is 5.75 Å². The number of halogens is 4. The highest BCUT2D eigenvalue weighted by molar-refractivity contribution is 5.95. The number of carboxylic acid groups (broad SMARTS) is 1. The van der Waals surface area contributed by atoms with Crippen molar-refractivity contribution in [1.82, 2.24) is 20.0 Å². The van der Waals surface area contributed by atoms with Gasteiger partial charge in [-0.3, -0.25) is 9.20 Å². The van der Waals surface area contributed by atoms with Crippen LogP contribution >= 0.6 is 0 Å². The Labute approximate surface area is 213 Å². The molecule has 1 unspecified atom stereocenters. The van der Waals surface area contributed by atoms with Crippen LogP contribution in [-0.4, -0.2) is 33.0 Å². The van der Waals surface area contributed by atoms with E-state index in [2.05, 4.69) is 15.6 Å². The van der Waals surface area contributed by atoms with Crippen molar-refractivity contribution >= 4 is 17.6 Å². The van der Waals surface area contributed by atoms with Crippen LogP contribution in [0.1, 0.15) is 38.9 Å². The van der Waals surface area contributed by atoms with E-state index in [1.165, 1.54) is 16.5 Å². The first-order valence-electron chi connectivity index (χ1n) is 11.3. The Hall–Kier alpha value is -4.61. The van der Waals surface area contributed by atoms with Gasteiger partial charge < -0.3 is 20.5 Å². The summed E-state index contributed by atoms with van der Waals surface area (Å²) in [6, 6.07) is 6.97. The third kappa shape index (κ3) is 5.53. The number of hydrogen-bond acceptors (Lipinski definition) is 4. The van der Waals surface area contributed by atoms with Crippen molar-refractivity contribution in [3.05, 3.63) is 100 Å². The lowest BCUT2D eigenvalue weighted by Crippen LogP contribution is -2.38. The van der Waals surface area contributed by atoms with E-state index in [0.717, 1.165) is 24.3 Å². The average molecular weight is 530 g/mol. The molecule has 0 radical (unpaired) electrons. The smallest absolute Gasteiger partial charge is 0.404 e. The van der Waals surface area contributed by atoms with Gasteiger partial charge in [0.1, 0.15) is 23.9 Å². The SMILES string of the molecule is Cc1cc(OCc2c(F)cccc2F)c2nc(C)c(C(=O)NC(CNC(=O)O)c3ccc(F)c(F)c3)n2c1. The molecule has 12 heteroatoms. The van der Waals surface area contributed by atoms with E-state index in [1.807, 2.05) is 0 Å². The van der Waals surface area contributed by atoms with Crippen LogP contribution in [-0.2, 0) is 6.61 Å². The molecular formula is C26H22F4N4O4. The van der Waals surface area contributed by atoms with Gasteiger partial charge in [-0.05, 0) is 55.3 Å². The Morgan fingerprint density at radius 2 is 1.74 bits per heavy atom. The van der Waals surface area contributed by atoms with Gasteiger partial charge in [0, 0.05) is 12.7 Å². The van der Waals surface area contributed by atoms with E-state index in [9.17, 15) is 27.2 Å². The first kappa shape index (κ1) is 26.5. The zero-order valence-electron chi connectivity index (χ0n) is 20.2. The maximum Gasteiger partial charge on any atom is 0.404 e. The van der Waals surface area contributed by atoms with E-state index in [4.69, 9.17) is 9.84 Å². The Balaban J connectivity index is 1.67. The van der Waals surface area contributed by atoms with Crippen LogP contribution in [0.4, 0.5) is 22.4 Å². The number of imidazole rings is 1. The fourth-order valence-corrected chi connectivity index (χ4v) is 3.96. The highest BCUT2D eigenvalue weighted by Crippen LogP contribution is 2.26. The van der Waals surface area contributed by atoms with E-state index in [-0.39, 0.29) is 40.5 Å². The number of pyridine rings is 1. The summed E-state index contributed by atoms with van der Waals surface area (Å²) in [5.74, 6) is -4.32. The molecule has 8 nitrogen and oxygen atoms in total. The number of nitrogens with zero attached hydrogens (tertiary/aromatic N) is 2. The predicted octanol–water partition coefficient (Wildman–Crippen LogP) is 4.83. The minimum atomic E-state index is -1.37. The van der Waals surface area contributed by atoms with E-state index in [1.54, 1.807) is 26.1 Å². The quantitative estimate of drug-likeness (QED) is 0.283. The van der Waals surface area contributed by atoms with Gasteiger partial charge in [-0.1, -0.05) is 12.1 Å². The van der Waals surface area contributed by atoms with Gasteiger partial charge in [-0.25, -0.2) is 27.3 Å². The normalized spacial score (nSPS) is 11.8. The zero-order chi connectivity index (χ0) is 27.6. The lowest BCUT2D eigenvalue weighted by atomic mass is 10.1. The van der Waals surface area contributed by atoms with Gasteiger partial charge in [0.05, 0.1) is 17.3 Å². The number of ether oxygens (including phenoxy) is 1. The van der Waals surface area contributed by atoms with Crippen LogP contribution in [0, 0.1) is 37.1 Å². The number of carbonyl (C=O) groups is 2. The monoisotopic (exact) mass is 530 g/mol. The number of rotatable bonds is 8. The minimum Gasteiger partial charge on any atom is -0.485 e. The number of benzene rings is 2. The van der Waals surface area contributed by atoms with E-state index >= 15 is 0 Å². The summed E-state index contributed by atoms with van der Waals surface area (Å²) in [5, 5.41) is 13.8. The largest absolute Gasteiger partial charge is 0.485 e. The second kappa shape index (κ2) is 10.8. The molecule has 0 aliphatic heterocycles. The van der Waals surface area contributed by atoms with Gasteiger partial charge in [0.25, 0.3) is 5.91 Å². The molecule has 3 N–H and O–H groups in total. The van der Waals surface area contributed by atoms with Crippen molar-refractivity contribution in [2.45, 2.75) is 26.5 Å². The lowest BCUT2D eigenvalue weighted by Gasteiger charge is -2.19. The Morgan fingerprint density at radius 3 is 2.39 bits per heavy atom. The molecule has 0 spiro atoms. The molecule has 1 atom stereocenters. The summed E-state index contributed by atoms with van der Waals surface area (Å²) in [6.07, 6.45) is 0.226. The second-order valence-electron chi connectivity index (χ2n) is 8.50. The molecule has 0 saturated carbocycles. The summed E-state index contributed by atoms with van der Waals surface area (Å²) in [4.78, 5) is 28.8. The summed E-state index contributed by atoms with van der Waals surface area (Å²) >= 11 is 0. The summed E-state index contributed by atoms with van der Waals surface area (Å²) < 4.78 is 62.5. The molecule has 0 fully saturated rings. The highest BCUT2D eigenvalue weighted by Gasteiger charge is 2.24. The molecule has 0 aliphatic rings. The van der Waals surface area contributed by atoms with Crippen molar-refractivity contribution in [2.24, 2.45) is 0 Å². The number of carbonyl (C=O) groups excluding carboxylic acids is 1. The molecule has 198 valence electrons. The molecule has 2 heterocycles. The molecule has 38 heavy (non-hydrogen) atoms. The number of fused-ring (bicyclic) bond motifs is 1. The van der Waals surface area contributed by atoms with Crippen LogP contribution in [0.5, 0.6) is 5.75 Å². The summed E-state index contributed by atoms with van der Waals surface area (Å²) in [7, 11) is 0. The van der Waals surface area contributed by atoms with Crippen LogP contribution in [0.2, 0.25) is 0 Å². The second-order valence-corrected chi connectivity index (χ2v) is 8.50. The first-order chi connectivity index (χ1) is 18.0. The molecular weight excluding hydrogens is 508 g/mol. The third-order valence-corrected chi connectivity index (χ3v) is 5.75. The van der Waals surface area contributed by atoms with Gasteiger partial charge in [-0.2, -0.15) is 0 Å².